The van der Waals surface area contributed by atoms with Crippen LogP contribution in [0.25, 0.3) is 0 Å². The van der Waals surface area contributed by atoms with Gasteiger partial charge in [0.1, 0.15) is 0 Å². The van der Waals surface area contributed by atoms with Gasteiger partial charge in [0.15, 0.2) is 5.76 Å². The van der Waals surface area contributed by atoms with Crippen LogP contribution in [0.3, 0.4) is 0 Å². The van der Waals surface area contributed by atoms with Gasteiger partial charge in [-0.15, -0.1) is 0 Å². The van der Waals surface area contributed by atoms with Crippen LogP contribution in [0, 0.1) is 0 Å². The molecule has 0 atom stereocenters. The van der Waals surface area contributed by atoms with E-state index in [1.54, 1.807) is 0 Å². The summed E-state index contributed by atoms with van der Waals surface area (Å²) in [5, 5.41) is 2.45. The molecule has 136 valence electrons. The Morgan fingerprint density at radius 3 is 2.56 bits per heavy atom. The van der Waals surface area contributed by atoms with E-state index in [-0.39, 0.29) is 10.9 Å². The molecule has 0 aliphatic carbocycles. The lowest BCUT2D eigenvalue weighted by atomic mass is 10.2. The second-order valence-corrected chi connectivity index (χ2v) is 7.48. The molecule has 0 bridgehead atoms. The highest BCUT2D eigenvalue weighted by Crippen LogP contribution is 2.13. The second kappa shape index (κ2) is 8.80. The molecule has 0 saturated heterocycles. The first kappa shape index (κ1) is 19.2. The Bertz CT molecular complexity index is 787. The van der Waals surface area contributed by atoms with E-state index in [9.17, 15) is 13.2 Å². The maximum Gasteiger partial charge on any atom is 0.287 e. The minimum atomic E-state index is -3.68. The van der Waals surface area contributed by atoms with Crippen LogP contribution in [0.5, 0.6) is 0 Å². The molecule has 0 spiro atoms. The van der Waals surface area contributed by atoms with Gasteiger partial charge in [-0.3, -0.25) is 4.79 Å². The van der Waals surface area contributed by atoms with E-state index in [1.807, 2.05) is 25.2 Å². The number of nitrogens with zero attached hydrogens (tertiary/aromatic N) is 1. The molecular weight excluding hydrogens is 342 g/mol. The number of furan rings is 1. The predicted molar refractivity (Wildman–Crippen MR) is 94.7 cm³/mol. The van der Waals surface area contributed by atoms with Crippen molar-refractivity contribution in [3.63, 3.8) is 0 Å². The van der Waals surface area contributed by atoms with Crippen molar-refractivity contribution in [2.75, 3.05) is 27.2 Å². The Morgan fingerprint density at radius 1 is 1.16 bits per heavy atom. The maximum atomic E-state index is 12.0. The van der Waals surface area contributed by atoms with Crippen molar-refractivity contribution in [1.82, 2.24) is 14.9 Å². The molecule has 0 radical (unpaired) electrons. The molecule has 0 fully saturated rings. The topological polar surface area (TPSA) is 91.6 Å². The number of nitrogens with one attached hydrogen (secondary N) is 2. The van der Waals surface area contributed by atoms with E-state index in [1.165, 1.54) is 24.7 Å². The summed E-state index contributed by atoms with van der Waals surface area (Å²) in [6.45, 7) is 2.15. The number of carbonyl (C=O) groups is 1. The summed E-state index contributed by atoms with van der Waals surface area (Å²) < 4.78 is 30.4. The first-order valence-corrected chi connectivity index (χ1v) is 9.45. The van der Waals surface area contributed by atoms with E-state index < -0.39 is 15.9 Å². The molecule has 1 aromatic carbocycles. The van der Waals surface area contributed by atoms with Crippen molar-refractivity contribution < 1.29 is 17.6 Å². The average Bonchev–Trinajstić information content (AvgIpc) is 3.10. The summed E-state index contributed by atoms with van der Waals surface area (Å²) in [5.41, 5.74) is 1.24. The first-order valence-electron chi connectivity index (χ1n) is 7.96. The van der Waals surface area contributed by atoms with Gasteiger partial charge in [0.05, 0.1) is 0 Å². The van der Waals surface area contributed by atoms with Crippen LogP contribution in [-0.4, -0.2) is 46.4 Å². The zero-order valence-corrected chi connectivity index (χ0v) is 15.2. The Kier molecular flexibility index (Phi) is 6.74. The van der Waals surface area contributed by atoms with Crippen LogP contribution in [0.1, 0.15) is 22.5 Å². The molecular formula is C17H23N3O4S. The monoisotopic (exact) mass is 365 g/mol. The highest BCUT2D eigenvalue weighted by Gasteiger charge is 2.19. The second-order valence-electron chi connectivity index (χ2n) is 5.66. The van der Waals surface area contributed by atoms with Gasteiger partial charge in [-0.1, -0.05) is 30.3 Å². The van der Waals surface area contributed by atoms with Gasteiger partial charge in [0.25, 0.3) is 15.9 Å². The molecule has 1 heterocycles. The third kappa shape index (κ3) is 5.70. The molecule has 1 amide bonds. The molecule has 0 aliphatic heterocycles. The van der Waals surface area contributed by atoms with Gasteiger partial charge >= 0.3 is 0 Å². The molecule has 25 heavy (non-hydrogen) atoms. The molecule has 0 saturated carbocycles. The number of rotatable bonds is 9. The van der Waals surface area contributed by atoms with E-state index in [4.69, 9.17) is 4.42 Å². The summed E-state index contributed by atoms with van der Waals surface area (Å²) in [6, 6.07) is 12.8. The van der Waals surface area contributed by atoms with E-state index in [0.717, 1.165) is 19.5 Å². The van der Waals surface area contributed by atoms with Crippen molar-refractivity contribution in [2.45, 2.75) is 18.1 Å². The molecule has 8 heteroatoms. The van der Waals surface area contributed by atoms with Gasteiger partial charge < -0.3 is 14.6 Å². The summed E-state index contributed by atoms with van der Waals surface area (Å²) in [7, 11) is -0.375. The average molecular weight is 365 g/mol. The Labute approximate surface area is 148 Å². The van der Waals surface area contributed by atoms with Gasteiger partial charge in [-0.25, -0.2) is 13.1 Å². The zero-order valence-electron chi connectivity index (χ0n) is 14.4. The molecule has 7 nitrogen and oxygen atoms in total. The Balaban J connectivity index is 1.74. The lowest BCUT2D eigenvalue weighted by Gasteiger charge is -2.16. The highest BCUT2D eigenvalue weighted by molar-refractivity contribution is 7.89. The summed E-state index contributed by atoms with van der Waals surface area (Å²) in [4.78, 5) is 14.1. The van der Waals surface area contributed by atoms with Crippen molar-refractivity contribution in [2.24, 2.45) is 0 Å². The molecule has 0 unspecified atom stereocenters. The standard InChI is InChI=1S/C17H23N3O4S/c1-18-25(22,23)16-10-9-15(24-16)17(21)19-11-6-12-20(2)13-14-7-4-3-5-8-14/h3-5,7-10,18H,6,11-13H2,1-2H3,(H,19,21). The summed E-state index contributed by atoms with van der Waals surface area (Å²) in [5.74, 6) is -0.449. The fourth-order valence-corrected chi connectivity index (χ4v) is 2.95. The first-order chi connectivity index (χ1) is 11.9. The number of amides is 1. The van der Waals surface area contributed by atoms with Crippen LogP contribution in [0.4, 0.5) is 0 Å². The van der Waals surface area contributed by atoms with Crippen molar-refractivity contribution in [3.8, 4) is 0 Å². The molecule has 2 N–H and O–H groups in total. The molecule has 2 aromatic rings. The summed E-state index contributed by atoms with van der Waals surface area (Å²) >= 11 is 0. The quantitative estimate of drug-likeness (QED) is 0.656. The number of carbonyl (C=O) groups excluding carboxylic acids is 1. The van der Waals surface area contributed by atoms with Crippen LogP contribution in [-0.2, 0) is 16.6 Å². The van der Waals surface area contributed by atoms with Gasteiger partial charge in [-0.05, 0) is 44.8 Å². The molecule has 2 rings (SSSR count). The third-order valence-corrected chi connectivity index (χ3v) is 4.92. The fraction of sp³-hybridized carbons (Fsp3) is 0.353. The largest absolute Gasteiger partial charge is 0.438 e. The predicted octanol–water partition coefficient (Wildman–Crippen LogP) is 1.44. The number of benzene rings is 1. The van der Waals surface area contributed by atoms with Crippen LogP contribution in [0.15, 0.2) is 52.0 Å². The summed E-state index contributed by atoms with van der Waals surface area (Å²) in [6.07, 6.45) is 0.775. The SMILES string of the molecule is CNS(=O)(=O)c1ccc(C(=O)NCCCN(C)Cc2ccccc2)o1. The smallest absolute Gasteiger partial charge is 0.287 e. The van der Waals surface area contributed by atoms with Gasteiger partial charge in [0, 0.05) is 13.1 Å². The molecule has 0 aliphatic rings. The van der Waals surface area contributed by atoms with Gasteiger partial charge in [0.2, 0.25) is 5.09 Å². The van der Waals surface area contributed by atoms with Gasteiger partial charge in [-0.2, -0.15) is 0 Å². The van der Waals surface area contributed by atoms with E-state index >= 15 is 0 Å². The lowest BCUT2D eigenvalue weighted by molar-refractivity contribution is 0.0919. The van der Waals surface area contributed by atoms with Crippen molar-refractivity contribution in [3.05, 3.63) is 53.8 Å². The van der Waals surface area contributed by atoms with E-state index in [0.29, 0.717) is 6.54 Å². The number of hydrogen-bond acceptors (Lipinski definition) is 5. The third-order valence-electron chi connectivity index (χ3n) is 3.64. The minimum absolute atomic E-state index is 0.0218. The fourth-order valence-electron chi connectivity index (χ4n) is 2.30. The maximum absolute atomic E-state index is 12.0. The Hall–Kier alpha value is -2.16. The normalized spacial score (nSPS) is 11.6. The van der Waals surface area contributed by atoms with E-state index in [2.05, 4.69) is 27.1 Å². The van der Waals surface area contributed by atoms with Crippen LogP contribution < -0.4 is 10.0 Å². The zero-order chi connectivity index (χ0) is 18.3. The number of hydrogen-bond donors (Lipinski definition) is 2. The molecule has 1 aromatic heterocycles. The van der Waals surface area contributed by atoms with Crippen molar-refractivity contribution in [1.29, 1.82) is 0 Å². The Morgan fingerprint density at radius 2 is 1.88 bits per heavy atom. The minimum Gasteiger partial charge on any atom is -0.438 e. The lowest BCUT2D eigenvalue weighted by Crippen LogP contribution is -2.28. The van der Waals surface area contributed by atoms with Crippen molar-refractivity contribution >= 4 is 15.9 Å². The highest BCUT2D eigenvalue weighted by atomic mass is 32.2. The van der Waals surface area contributed by atoms with Crippen LogP contribution in [0.2, 0.25) is 0 Å². The number of sulfonamides is 1. The van der Waals surface area contributed by atoms with Crippen LogP contribution >= 0.6 is 0 Å².